The maximum Gasteiger partial charge on any atom is 0.261 e. The van der Waals surface area contributed by atoms with E-state index < -0.39 is 34.9 Å². The molecule has 0 saturated carbocycles. The summed E-state index contributed by atoms with van der Waals surface area (Å²) in [5.74, 6) is -1.40. The molecule has 2 aromatic carbocycles. The van der Waals surface area contributed by atoms with E-state index in [2.05, 4.69) is 35.8 Å². The second-order valence-corrected chi connectivity index (χ2v) is 9.45. The SMILES string of the molecule is C=CC(C)(C)[C@@]12C[C@H]3C(=O)N(C(=O)c4ccccc4N=[N+]=[N-])CC(=O)N3[C@@H]1Nc1ccccc12. The summed E-state index contributed by atoms with van der Waals surface area (Å²) in [6, 6.07) is 13.3. The molecule has 3 atom stereocenters. The lowest BCUT2D eigenvalue weighted by Gasteiger charge is -2.43. The van der Waals surface area contributed by atoms with Gasteiger partial charge in [0.15, 0.2) is 0 Å². The van der Waals surface area contributed by atoms with Gasteiger partial charge in [0, 0.05) is 21.6 Å². The van der Waals surface area contributed by atoms with Crippen LogP contribution in [0.15, 0.2) is 66.3 Å². The van der Waals surface area contributed by atoms with Gasteiger partial charge in [-0.2, -0.15) is 0 Å². The van der Waals surface area contributed by atoms with Gasteiger partial charge in [-0.15, -0.1) is 6.58 Å². The highest BCUT2D eigenvalue weighted by atomic mass is 16.2. The normalized spacial score (nSPS) is 25.1. The lowest BCUT2D eigenvalue weighted by atomic mass is 9.60. The van der Waals surface area contributed by atoms with Gasteiger partial charge in [0.2, 0.25) is 5.91 Å². The number of amides is 3. The second kappa shape index (κ2) is 7.46. The van der Waals surface area contributed by atoms with E-state index in [1.165, 1.54) is 12.1 Å². The molecular formula is C25H24N6O3. The Morgan fingerprint density at radius 3 is 2.68 bits per heavy atom. The van der Waals surface area contributed by atoms with Crippen molar-refractivity contribution in [3.63, 3.8) is 0 Å². The van der Waals surface area contributed by atoms with Crippen LogP contribution in [0, 0.1) is 5.41 Å². The van der Waals surface area contributed by atoms with Crippen molar-refractivity contribution < 1.29 is 14.4 Å². The molecule has 0 aromatic heterocycles. The second-order valence-electron chi connectivity index (χ2n) is 9.45. The number of anilines is 1. The zero-order valence-electron chi connectivity index (χ0n) is 18.9. The number of carbonyl (C=O) groups is 3. The van der Waals surface area contributed by atoms with E-state index in [1.807, 2.05) is 30.3 Å². The maximum absolute atomic E-state index is 13.7. The molecule has 9 heteroatoms. The number of nitrogens with one attached hydrogen (secondary N) is 1. The Kier molecular flexibility index (Phi) is 4.77. The Balaban J connectivity index is 1.57. The molecular weight excluding hydrogens is 432 g/mol. The molecule has 9 nitrogen and oxygen atoms in total. The number of hydrogen-bond donors (Lipinski definition) is 1. The van der Waals surface area contributed by atoms with Gasteiger partial charge in [-0.3, -0.25) is 19.3 Å². The summed E-state index contributed by atoms with van der Waals surface area (Å²) in [5.41, 5.74) is 9.95. The number of hydrogen-bond acceptors (Lipinski definition) is 5. The van der Waals surface area contributed by atoms with Gasteiger partial charge in [0.05, 0.1) is 5.69 Å². The molecule has 34 heavy (non-hydrogen) atoms. The lowest BCUT2D eigenvalue weighted by Crippen LogP contribution is -2.62. The van der Waals surface area contributed by atoms with Gasteiger partial charge in [0.25, 0.3) is 11.8 Å². The maximum atomic E-state index is 13.7. The molecule has 5 rings (SSSR count). The summed E-state index contributed by atoms with van der Waals surface area (Å²) in [6.45, 7) is 7.79. The van der Waals surface area contributed by atoms with E-state index in [0.717, 1.165) is 16.2 Å². The summed E-state index contributed by atoms with van der Waals surface area (Å²) in [7, 11) is 0. The van der Waals surface area contributed by atoms with Crippen LogP contribution in [0.1, 0.15) is 36.2 Å². The number of carbonyl (C=O) groups excluding carboxylic acids is 3. The molecule has 172 valence electrons. The average molecular weight is 457 g/mol. The molecule has 3 amide bonds. The molecule has 2 fully saturated rings. The summed E-state index contributed by atoms with van der Waals surface area (Å²) < 4.78 is 0. The van der Waals surface area contributed by atoms with Gasteiger partial charge < -0.3 is 10.2 Å². The van der Waals surface area contributed by atoms with Crippen molar-refractivity contribution >= 4 is 29.1 Å². The summed E-state index contributed by atoms with van der Waals surface area (Å²) in [6.07, 6.45) is 1.79. The number of benzene rings is 2. The number of piperazine rings is 1. The fraction of sp³-hybridized carbons (Fsp3) is 0.320. The Labute approximate surface area is 196 Å². The van der Waals surface area contributed by atoms with Gasteiger partial charge >= 0.3 is 0 Å². The fourth-order valence-electron chi connectivity index (χ4n) is 5.78. The Hall–Kier alpha value is -4.10. The van der Waals surface area contributed by atoms with Gasteiger partial charge in [-0.05, 0) is 35.1 Å². The van der Waals surface area contributed by atoms with E-state index in [0.29, 0.717) is 6.42 Å². The highest BCUT2D eigenvalue weighted by Gasteiger charge is 2.67. The van der Waals surface area contributed by atoms with Crippen LogP contribution in [-0.2, 0) is 15.0 Å². The number of rotatable bonds is 4. The van der Waals surface area contributed by atoms with Crippen LogP contribution in [0.3, 0.4) is 0 Å². The van der Waals surface area contributed by atoms with Gasteiger partial charge in [-0.25, -0.2) is 0 Å². The first-order chi connectivity index (χ1) is 16.3. The summed E-state index contributed by atoms with van der Waals surface area (Å²) in [4.78, 5) is 45.8. The van der Waals surface area contributed by atoms with Crippen molar-refractivity contribution in [3.05, 3.63) is 82.8 Å². The topological polar surface area (TPSA) is 118 Å². The molecule has 0 aliphatic carbocycles. The first kappa shape index (κ1) is 21.7. The number of azide groups is 1. The van der Waals surface area contributed by atoms with Crippen molar-refractivity contribution in [2.75, 3.05) is 11.9 Å². The summed E-state index contributed by atoms with van der Waals surface area (Å²) in [5, 5.41) is 7.04. The van der Waals surface area contributed by atoms with Crippen molar-refractivity contribution in [2.24, 2.45) is 10.5 Å². The predicted octanol–water partition coefficient (Wildman–Crippen LogP) is 4.11. The number of nitrogens with zero attached hydrogens (tertiary/aromatic N) is 5. The average Bonchev–Trinajstić information content (AvgIpc) is 3.35. The van der Waals surface area contributed by atoms with Crippen LogP contribution in [-0.4, -0.2) is 46.3 Å². The molecule has 2 aromatic rings. The molecule has 0 spiro atoms. The summed E-state index contributed by atoms with van der Waals surface area (Å²) >= 11 is 0. The lowest BCUT2D eigenvalue weighted by molar-refractivity contribution is -0.152. The number of para-hydroxylation sites is 1. The van der Waals surface area contributed by atoms with Crippen LogP contribution >= 0.6 is 0 Å². The largest absolute Gasteiger partial charge is 0.364 e. The monoisotopic (exact) mass is 456 g/mol. The van der Waals surface area contributed by atoms with Crippen LogP contribution < -0.4 is 5.32 Å². The molecule has 1 N–H and O–H groups in total. The van der Waals surface area contributed by atoms with E-state index >= 15 is 0 Å². The van der Waals surface area contributed by atoms with E-state index in [4.69, 9.17) is 5.53 Å². The predicted molar refractivity (Wildman–Crippen MR) is 126 cm³/mol. The van der Waals surface area contributed by atoms with Gasteiger partial charge in [0.1, 0.15) is 18.8 Å². The van der Waals surface area contributed by atoms with E-state index in [1.54, 1.807) is 17.0 Å². The minimum Gasteiger partial charge on any atom is -0.364 e. The number of fused-ring (bicyclic) bond motifs is 5. The van der Waals surface area contributed by atoms with Crippen LogP contribution in [0.25, 0.3) is 10.4 Å². The fourth-order valence-corrected chi connectivity index (χ4v) is 5.78. The first-order valence-electron chi connectivity index (χ1n) is 11.1. The molecule has 0 unspecified atom stereocenters. The smallest absolute Gasteiger partial charge is 0.261 e. The van der Waals surface area contributed by atoms with Crippen molar-refractivity contribution in [1.82, 2.24) is 9.80 Å². The Morgan fingerprint density at radius 2 is 1.94 bits per heavy atom. The minimum atomic E-state index is -0.804. The third-order valence-corrected chi connectivity index (χ3v) is 7.62. The number of allylic oxidation sites excluding steroid dienone is 1. The van der Waals surface area contributed by atoms with Crippen LogP contribution in [0.2, 0.25) is 0 Å². The minimum absolute atomic E-state index is 0.0812. The molecule has 3 aliphatic rings. The van der Waals surface area contributed by atoms with Crippen molar-refractivity contribution in [3.8, 4) is 0 Å². The highest BCUT2D eigenvalue weighted by molar-refractivity contribution is 6.13. The first-order valence-corrected chi connectivity index (χ1v) is 11.1. The van der Waals surface area contributed by atoms with Crippen LogP contribution in [0.4, 0.5) is 11.4 Å². The van der Waals surface area contributed by atoms with Crippen molar-refractivity contribution in [1.29, 1.82) is 0 Å². The number of imide groups is 1. The highest BCUT2D eigenvalue weighted by Crippen LogP contribution is 2.60. The van der Waals surface area contributed by atoms with E-state index in [9.17, 15) is 14.4 Å². The third-order valence-electron chi connectivity index (χ3n) is 7.62. The Bertz CT molecular complexity index is 1300. The molecule has 3 heterocycles. The molecule has 3 aliphatic heterocycles. The van der Waals surface area contributed by atoms with E-state index in [-0.39, 0.29) is 23.7 Å². The molecule has 2 saturated heterocycles. The molecule has 0 radical (unpaired) electrons. The van der Waals surface area contributed by atoms with Crippen molar-refractivity contribution in [2.45, 2.75) is 37.9 Å². The standard InChI is InChI=1S/C25H24N6O3/c1-4-24(2,3)25-13-19-22(34)30(21(33)15-9-5-7-11-17(15)28-29-26)14-20(32)31(19)23(25)27-18-12-8-6-10-16(18)25/h4-12,19,23,27H,1,13-14H2,2-3H3/t19-,23-,25+/m0/s1. The zero-order valence-corrected chi connectivity index (χ0v) is 18.9. The Morgan fingerprint density at radius 1 is 1.24 bits per heavy atom. The van der Waals surface area contributed by atoms with Crippen LogP contribution in [0.5, 0.6) is 0 Å². The zero-order chi connectivity index (χ0) is 24.3. The molecule has 0 bridgehead atoms. The van der Waals surface area contributed by atoms with Gasteiger partial charge in [-0.1, -0.05) is 61.4 Å². The third kappa shape index (κ3) is 2.74. The quantitative estimate of drug-likeness (QED) is 0.245.